The van der Waals surface area contributed by atoms with Crippen LogP contribution in [0.5, 0.6) is 0 Å². The molecule has 0 amide bonds. The van der Waals surface area contributed by atoms with Gasteiger partial charge in [0.05, 0.1) is 5.60 Å². The van der Waals surface area contributed by atoms with Crippen molar-refractivity contribution in [2.75, 3.05) is 13.1 Å². The lowest BCUT2D eigenvalue weighted by atomic mass is 9.76. The van der Waals surface area contributed by atoms with Crippen LogP contribution in [-0.4, -0.2) is 28.8 Å². The van der Waals surface area contributed by atoms with Crippen LogP contribution in [0, 0.1) is 5.92 Å². The molecule has 1 aromatic rings. The molecule has 2 atom stereocenters. The zero-order valence-corrected chi connectivity index (χ0v) is 12.3. The molecule has 0 aliphatic heterocycles. The van der Waals surface area contributed by atoms with Gasteiger partial charge in [0, 0.05) is 24.4 Å². The maximum absolute atomic E-state index is 10.8. The summed E-state index contributed by atoms with van der Waals surface area (Å²) < 4.78 is 0. The van der Waals surface area contributed by atoms with E-state index in [0.717, 1.165) is 31.5 Å². The van der Waals surface area contributed by atoms with E-state index in [9.17, 15) is 5.11 Å². The molecule has 0 saturated carbocycles. The Morgan fingerprint density at radius 1 is 1.53 bits per heavy atom. The number of hydrogen-bond donors (Lipinski definition) is 2. The highest BCUT2D eigenvalue weighted by Crippen LogP contribution is 2.37. The Hall–Kier alpha value is -0.930. The van der Waals surface area contributed by atoms with Crippen molar-refractivity contribution in [3.63, 3.8) is 0 Å². The summed E-state index contributed by atoms with van der Waals surface area (Å²) >= 11 is 0. The predicted molar refractivity (Wildman–Crippen MR) is 78.2 cm³/mol. The molecule has 2 unspecified atom stereocenters. The van der Waals surface area contributed by atoms with E-state index in [4.69, 9.17) is 0 Å². The number of rotatable bonds is 5. The summed E-state index contributed by atoms with van der Waals surface area (Å²) in [5.74, 6) is 0.754. The van der Waals surface area contributed by atoms with Crippen LogP contribution < -0.4 is 5.32 Å². The molecule has 3 nitrogen and oxygen atoms in total. The van der Waals surface area contributed by atoms with E-state index in [1.54, 1.807) is 0 Å². The SMILES string of the molecule is CC(C)CNCC(C)(O)C1CCCc2cccnc21. The highest BCUT2D eigenvalue weighted by Gasteiger charge is 2.36. The van der Waals surface area contributed by atoms with Gasteiger partial charge in [-0.1, -0.05) is 19.9 Å². The molecule has 0 bridgehead atoms. The molecular weight excluding hydrogens is 236 g/mol. The Bertz CT molecular complexity index is 415. The highest BCUT2D eigenvalue weighted by molar-refractivity contribution is 5.28. The smallest absolute Gasteiger partial charge is 0.0826 e. The van der Waals surface area contributed by atoms with E-state index in [-0.39, 0.29) is 5.92 Å². The second kappa shape index (κ2) is 6.02. The number of aryl methyl sites for hydroxylation is 1. The van der Waals surface area contributed by atoms with Gasteiger partial charge in [-0.15, -0.1) is 0 Å². The second-order valence-electron chi connectivity index (χ2n) is 6.37. The number of fused-ring (bicyclic) bond motifs is 1. The number of aliphatic hydroxyl groups is 1. The van der Waals surface area contributed by atoms with Crippen LogP contribution >= 0.6 is 0 Å². The standard InChI is InChI=1S/C16H26N2O/c1-12(2)10-17-11-16(3,19)14-8-4-6-13-7-5-9-18-15(13)14/h5,7,9,12,14,17,19H,4,6,8,10-11H2,1-3H3. The van der Waals surface area contributed by atoms with Gasteiger partial charge in [0.25, 0.3) is 0 Å². The molecule has 1 heterocycles. The van der Waals surface area contributed by atoms with Crippen LogP contribution in [0.2, 0.25) is 0 Å². The topological polar surface area (TPSA) is 45.1 Å². The third kappa shape index (κ3) is 3.54. The Labute approximate surface area is 116 Å². The van der Waals surface area contributed by atoms with Crippen molar-refractivity contribution in [3.05, 3.63) is 29.6 Å². The first kappa shape index (κ1) is 14.5. The molecule has 0 aromatic carbocycles. The van der Waals surface area contributed by atoms with Crippen LogP contribution in [0.3, 0.4) is 0 Å². The molecule has 0 saturated heterocycles. The highest BCUT2D eigenvalue weighted by atomic mass is 16.3. The van der Waals surface area contributed by atoms with Crippen LogP contribution in [0.1, 0.15) is 50.8 Å². The Balaban J connectivity index is 2.08. The maximum Gasteiger partial charge on any atom is 0.0826 e. The lowest BCUT2D eigenvalue weighted by Gasteiger charge is -2.36. The Kier molecular flexibility index (Phi) is 4.58. The molecule has 1 aliphatic carbocycles. The fourth-order valence-electron chi connectivity index (χ4n) is 2.95. The van der Waals surface area contributed by atoms with Gasteiger partial charge in [0.2, 0.25) is 0 Å². The monoisotopic (exact) mass is 262 g/mol. The van der Waals surface area contributed by atoms with Crippen molar-refractivity contribution < 1.29 is 5.11 Å². The Morgan fingerprint density at radius 2 is 2.32 bits per heavy atom. The lowest BCUT2D eigenvalue weighted by Crippen LogP contribution is -2.45. The fourth-order valence-corrected chi connectivity index (χ4v) is 2.95. The third-order valence-corrected chi connectivity index (χ3v) is 3.98. The van der Waals surface area contributed by atoms with Gasteiger partial charge in [-0.2, -0.15) is 0 Å². The number of nitrogens with zero attached hydrogens (tertiary/aromatic N) is 1. The lowest BCUT2D eigenvalue weighted by molar-refractivity contribution is 0.0230. The van der Waals surface area contributed by atoms with Crippen LogP contribution in [0.15, 0.2) is 18.3 Å². The average Bonchev–Trinajstić information content (AvgIpc) is 2.37. The number of aromatic nitrogens is 1. The minimum atomic E-state index is -0.724. The van der Waals surface area contributed by atoms with Gasteiger partial charge >= 0.3 is 0 Å². The summed E-state index contributed by atoms with van der Waals surface area (Å²) in [6.45, 7) is 7.87. The van der Waals surface area contributed by atoms with Crippen LogP contribution in [-0.2, 0) is 6.42 Å². The number of hydrogen-bond acceptors (Lipinski definition) is 3. The van der Waals surface area contributed by atoms with Gasteiger partial charge in [-0.3, -0.25) is 4.98 Å². The molecule has 0 spiro atoms. The summed E-state index contributed by atoms with van der Waals surface area (Å²) in [4.78, 5) is 4.52. The van der Waals surface area contributed by atoms with Crippen molar-refractivity contribution >= 4 is 0 Å². The fraction of sp³-hybridized carbons (Fsp3) is 0.688. The van der Waals surface area contributed by atoms with E-state index < -0.39 is 5.60 Å². The first-order chi connectivity index (χ1) is 9.00. The summed E-state index contributed by atoms with van der Waals surface area (Å²) in [5.41, 5.74) is 1.69. The molecule has 3 heteroatoms. The summed E-state index contributed by atoms with van der Waals surface area (Å²) in [7, 11) is 0. The zero-order chi connectivity index (χ0) is 13.9. The molecule has 1 aromatic heterocycles. The van der Waals surface area contributed by atoms with E-state index in [1.165, 1.54) is 5.56 Å². The number of pyridine rings is 1. The molecule has 0 fully saturated rings. The van der Waals surface area contributed by atoms with Crippen molar-refractivity contribution in [1.82, 2.24) is 10.3 Å². The van der Waals surface area contributed by atoms with Crippen molar-refractivity contribution in [2.45, 2.75) is 51.6 Å². The summed E-state index contributed by atoms with van der Waals surface area (Å²) in [6, 6.07) is 4.14. The predicted octanol–water partition coefficient (Wildman–Crippen LogP) is 2.50. The first-order valence-corrected chi connectivity index (χ1v) is 7.37. The molecule has 2 N–H and O–H groups in total. The number of nitrogens with one attached hydrogen (secondary N) is 1. The van der Waals surface area contributed by atoms with Gasteiger partial charge in [-0.05, 0) is 50.3 Å². The normalized spacial score (nSPS) is 22.1. The van der Waals surface area contributed by atoms with Gasteiger partial charge in [0.15, 0.2) is 0 Å². The largest absolute Gasteiger partial charge is 0.388 e. The molecular formula is C16H26N2O. The minimum Gasteiger partial charge on any atom is -0.388 e. The maximum atomic E-state index is 10.8. The van der Waals surface area contributed by atoms with E-state index in [2.05, 4.69) is 30.2 Å². The van der Waals surface area contributed by atoms with Gasteiger partial charge in [0.1, 0.15) is 0 Å². The van der Waals surface area contributed by atoms with Gasteiger partial charge in [-0.25, -0.2) is 0 Å². The van der Waals surface area contributed by atoms with Crippen LogP contribution in [0.25, 0.3) is 0 Å². The molecule has 2 rings (SSSR count). The van der Waals surface area contributed by atoms with Crippen molar-refractivity contribution in [3.8, 4) is 0 Å². The minimum absolute atomic E-state index is 0.150. The molecule has 1 aliphatic rings. The molecule has 106 valence electrons. The van der Waals surface area contributed by atoms with Crippen molar-refractivity contribution in [1.29, 1.82) is 0 Å². The van der Waals surface area contributed by atoms with E-state index in [0.29, 0.717) is 12.5 Å². The quantitative estimate of drug-likeness (QED) is 0.857. The van der Waals surface area contributed by atoms with Crippen LogP contribution in [0.4, 0.5) is 0 Å². The van der Waals surface area contributed by atoms with Gasteiger partial charge < -0.3 is 10.4 Å². The zero-order valence-electron chi connectivity index (χ0n) is 12.3. The van der Waals surface area contributed by atoms with E-state index >= 15 is 0 Å². The molecule has 19 heavy (non-hydrogen) atoms. The van der Waals surface area contributed by atoms with Crippen molar-refractivity contribution in [2.24, 2.45) is 5.92 Å². The summed E-state index contributed by atoms with van der Waals surface area (Å²) in [5, 5.41) is 14.2. The Morgan fingerprint density at radius 3 is 3.05 bits per heavy atom. The first-order valence-electron chi connectivity index (χ1n) is 7.37. The molecule has 0 radical (unpaired) electrons. The summed E-state index contributed by atoms with van der Waals surface area (Å²) in [6.07, 6.45) is 5.11. The average molecular weight is 262 g/mol. The van der Waals surface area contributed by atoms with E-state index in [1.807, 2.05) is 19.2 Å². The second-order valence-corrected chi connectivity index (χ2v) is 6.37. The third-order valence-electron chi connectivity index (χ3n) is 3.98.